The standard InChI is InChI=1S/C10H11F2NO2/c11-10(12)15-6-1-2-7-5(3-6)4-8(14)9(7)13/h1-3,8-10,14H,4,13H2/t8-,9+/m1/s1. The van der Waals surface area contributed by atoms with Gasteiger partial charge in [-0.2, -0.15) is 8.78 Å². The summed E-state index contributed by atoms with van der Waals surface area (Å²) in [5, 5.41) is 9.48. The van der Waals surface area contributed by atoms with E-state index in [-0.39, 0.29) is 5.75 Å². The molecule has 2 rings (SSSR count). The third kappa shape index (κ3) is 1.93. The first-order valence-electron chi connectivity index (χ1n) is 4.59. The maximum atomic E-state index is 11.9. The van der Waals surface area contributed by atoms with Crippen LogP contribution in [-0.4, -0.2) is 17.8 Å². The molecule has 0 aromatic heterocycles. The van der Waals surface area contributed by atoms with Gasteiger partial charge < -0.3 is 15.6 Å². The van der Waals surface area contributed by atoms with Crippen molar-refractivity contribution in [1.29, 1.82) is 0 Å². The molecular weight excluding hydrogens is 204 g/mol. The molecule has 5 heteroatoms. The van der Waals surface area contributed by atoms with Gasteiger partial charge >= 0.3 is 6.61 Å². The van der Waals surface area contributed by atoms with E-state index in [9.17, 15) is 13.9 Å². The largest absolute Gasteiger partial charge is 0.435 e. The molecule has 0 aliphatic heterocycles. The fraction of sp³-hybridized carbons (Fsp3) is 0.400. The number of halogens is 2. The molecule has 0 saturated carbocycles. The quantitative estimate of drug-likeness (QED) is 0.779. The highest BCUT2D eigenvalue weighted by molar-refractivity contribution is 5.41. The predicted octanol–water partition coefficient (Wildman–Crippen LogP) is 1.20. The van der Waals surface area contributed by atoms with E-state index < -0.39 is 18.8 Å². The van der Waals surface area contributed by atoms with Crippen molar-refractivity contribution in [3.63, 3.8) is 0 Å². The zero-order valence-electron chi connectivity index (χ0n) is 7.86. The minimum absolute atomic E-state index is 0.102. The molecule has 0 fully saturated rings. The van der Waals surface area contributed by atoms with E-state index in [0.29, 0.717) is 6.42 Å². The molecule has 0 spiro atoms. The number of fused-ring (bicyclic) bond motifs is 1. The lowest BCUT2D eigenvalue weighted by Crippen LogP contribution is -2.21. The molecule has 0 bridgehead atoms. The number of aliphatic hydroxyl groups is 1. The lowest BCUT2D eigenvalue weighted by atomic mass is 10.1. The van der Waals surface area contributed by atoms with E-state index in [1.54, 1.807) is 6.07 Å². The van der Waals surface area contributed by atoms with Crippen LogP contribution in [-0.2, 0) is 6.42 Å². The maximum Gasteiger partial charge on any atom is 0.387 e. The first-order valence-corrected chi connectivity index (χ1v) is 4.59. The highest BCUT2D eigenvalue weighted by Gasteiger charge is 2.28. The Balaban J connectivity index is 2.25. The van der Waals surface area contributed by atoms with Gasteiger partial charge in [-0.25, -0.2) is 0 Å². The summed E-state index contributed by atoms with van der Waals surface area (Å²) in [6.07, 6.45) is -0.251. The molecule has 2 atom stereocenters. The molecule has 0 unspecified atom stereocenters. The average molecular weight is 215 g/mol. The van der Waals surface area contributed by atoms with E-state index in [4.69, 9.17) is 5.73 Å². The van der Waals surface area contributed by atoms with Crippen LogP contribution in [0.5, 0.6) is 5.75 Å². The Morgan fingerprint density at radius 3 is 2.87 bits per heavy atom. The number of nitrogens with two attached hydrogens (primary N) is 1. The van der Waals surface area contributed by atoms with Gasteiger partial charge in [0.25, 0.3) is 0 Å². The summed E-state index contributed by atoms with van der Waals surface area (Å²) in [5.74, 6) is 0.102. The summed E-state index contributed by atoms with van der Waals surface area (Å²) in [6, 6.07) is 4.12. The first-order chi connectivity index (χ1) is 7.08. The summed E-state index contributed by atoms with van der Waals surface area (Å²) in [4.78, 5) is 0. The average Bonchev–Trinajstić information content (AvgIpc) is 2.41. The van der Waals surface area contributed by atoms with E-state index in [2.05, 4.69) is 4.74 Å². The van der Waals surface area contributed by atoms with E-state index >= 15 is 0 Å². The van der Waals surface area contributed by atoms with Crippen LogP contribution < -0.4 is 10.5 Å². The number of ether oxygens (including phenoxy) is 1. The second-order valence-corrected chi connectivity index (χ2v) is 3.54. The van der Waals surface area contributed by atoms with Crippen molar-refractivity contribution in [1.82, 2.24) is 0 Å². The van der Waals surface area contributed by atoms with E-state index in [1.165, 1.54) is 12.1 Å². The molecule has 0 amide bonds. The van der Waals surface area contributed by atoms with Gasteiger partial charge in [-0.1, -0.05) is 6.07 Å². The predicted molar refractivity (Wildman–Crippen MR) is 49.7 cm³/mol. The van der Waals surface area contributed by atoms with Gasteiger partial charge in [-0.15, -0.1) is 0 Å². The molecule has 0 saturated heterocycles. The first kappa shape index (κ1) is 10.3. The molecular formula is C10H11F2NO2. The number of hydrogen-bond donors (Lipinski definition) is 2. The van der Waals surface area contributed by atoms with Gasteiger partial charge in [-0.3, -0.25) is 0 Å². The van der Waals surface area contributed by atoms with Crippen LogP contribution in [0, 0.1) is 0 Å². The van der Waals surface area contributed by atoms with Crippen LogP contribution in [0.25, 0.3) is 0 Å². The molecule has 0 heterocycles. The van der Waals surface area contributed by atoms with Crippen molar-refractivity contribution in [3.8, 4) is 5.75 Å². The van der Waals surface area contributed by atoms with Gasteiger partial charge in [0.15, 0.2) is 0 Å². The Morgan fingerprint density at radius 1 is 1.47 bits per heavy atom. The maximum absolute atomic E-state index is 11.9. The number of alkyl halides is 2. The summed E-state index contributed by atoms with van der Waals surface area (Å²) in [6.45, 7) is -2.83. The van der Waals surface area contributed by atoms with Crippen LogP contribution in [0.4, 0.5) is 8.78 Å². The van der Waals surface area contributed by atoms with Crippen molar-refractivity contribution < 1.29 is 18.6 Å². The fourth-order valence-corrected chi connectivity index (χ4v) is 1.82. The molecule has 1 aliphatic carbocycles. The minimum Gasteiger partial charge on any atom is -0.435 e. The topological polar surface area (TPSA) is 55.5 Å². The van der Waals surface area contributed by atoms with Crippen molar-refractivity contribution in [3.05, 3.63) is 29.3 Å². The lowest BCUT2D eigenvalue weighted by Gasteiger charge is -2.09. The Labute approximate surface area is 85.5 Å². The lowest BCUT2D eigenvalue weighted by molar-refractivity contribution is -0.0498. The number of aliphatic hydroxyl groups excluding tert-OH is 1. The monoisotopic (exact) mass is 215 g/mol. The normalized spacial score (nSPS) is 24.3. The smallest absolute Gasteiger partial charge is 0.387 e. The Hall–Kier alpha value is -1.20. The summed E-state index contributed by atoms with van der Waals surface area (Å²) in [5.41, 5.74) is 7.27. The molecule has 15 heavy (non-hydrogen) atoms. The van der Waals surface area contributed by atoms with Crippen molar-refractivity contribution in [2.45, 2.75) is 25.2 Å². The minimum atomic E-state index is -2.83. The highest BCUT2D eigenvalue weighted by atomic mass is 19.3. The van der Waals surface area contributed by atoms with Gasteiger partial charge in [0.1, 0.15) is 5.75 Å². The molecule has 82 valence electrons. The zero-order valence-corrected chi connectivity index (χ0v) is 7.86. The second kappa shape index (κ2) is 3.75. The van der Waals surface area contributed by atoms with E-state index in [0.717, 1.165) is 11.1 Å². The molecule has 1 aromatic rings. The molecule has 0 radical (unpaired) electrons. The summed E-state index contributed by atoms with van der Waals surface area (Å²) >= 11 is 0. The second-order valence-electron chi connectivity index (χ2n) is 3.54. The highest BCUT2D eigenvalue weighted by Crippen LogP contribution is 2.32. The molecule has 3 nitrogen and oxygen atoms in total. The van der Waals surface area contributed by atoms with Crippen LogP contribution in [0.2, 0.25) is 0 Å². The Kier molecular flexibility index (Phi) is 2.58. The number of benzene rings is 1. The van der Waals surface area contributed by atoms with Crippen molar-refractivity contribution in [2.24, 2.45) is 5.73 Å². The zero-order chi connectivity index (χ0) is 11.0. The van der Waals surface area contributed by atoms with Gasteiger partial charge in [-0.05, 0) is 23.3 Å². The van der Waals surface area contributed by atoms with Crippen LogP contribution in [0.1, 0.15) is 17.2 Å². The van der Waals surface area contributed by atoms with Gasteiger partial charge in [0.05, 0.1) is 12.1 Å². The number of rotatable bonds is 2. The summed E-state index contributed by atoms with van der Waals surface area (Å²) in [7, 11) is 0. The molecule has 1 aromatic carbocycles. The van der Waals surface area contributed by atoms with Crippen LogP contribution >= 0.6 is 0 Å². The summed E-state index contributed by atoms with van der Waals surface area (Å²) < 4.78 is 28.1. The van der Waals surface area contributed by atoms with Gasteiger partial charge in [0.2, 0.25) is 0 Å². The number of hydrogen-bond acceptors (Lipinski definition) is 3. The molecule has 1 aliphatic rings. The van der Waals surface area contributed by atoms with Gasteiger partial charge in [0, 0.05) is 6.42 Å². The van der Waals surface area contributed by atoms with Crippen molar-refractivity contribution in [2.75, 3.05) is 0 Å². The van der Waals surface area contributed by atoms with Crippen LogP contribution in [0.3, 0.4) is 0 Å². The fourth-order valence-electron chi connectivity index (χ4n) is 1.82. The van der Waals surface area contributed by atoms with E-state index in [1.807, 2.05) is 0 Å². The third-order valence-corrected chi connectivity index (χ3v) is 2.54. The SMILES string of the molecule is N[C@H]1c2ccc(OC(F)F)cc2C[C@H]1O. The Morgan fingerprint density at radius 2 is 2.20 bits per heavy atom. The van der Waals surface area contributed by atoms with Crippen molar-refractivity contribution >= 4 is 0 Å². The molecule has 3 N–H and O–H groups in total. The third-order valence-electron chi connectivity index (χ3n) is 2.54. The van der Waals surface area contributed by atoms with Crippen LogP contribution in [0.15, 0.2) is 18.2 Å². The Bertz CT molecular complexity index is 370.